The molecule has 0 unspecified atom stereocenters. The smallest absolute Gasteiger partial charge is 0.266 e. The van der Waals surface area contributed by atoms with Crippen molar-refractivity contribution in [3.05, 3.63) is 70.6 Å². The number of amides is 1. The van der Waals surface area contributed by atoms with Gasteiger partial charge in [-0.15, -0.1) is 0 Å². The molecule has 0 aliphatic carbocycles. The third-order valence-electron chi connectivity index (χ3n) is 4.19. The number of aliphatic imine (C=N–C) groups is 1. The van der Waals surface area contributed by atoms with E-state index >= 15 is 0 Å². The van der Waals surface area contributed by atoms with Crippen LogP contribution < -0.4 is 9.47 Å². The highest BCUT2D eigenvalue weighted by molar-refractivity contribution is 8.18. The Hall–Kier alpha value is -2.70. The van der Waals surface area contributed by atoms with E-state index in [9.17, 15) is 4.79 Å². The van der Waals surface area contributed by atoms with Gasteiger partial charge in [-0.1, -0.05) is 30.3 Å². The van der Waals surface area contributed by atoms with Crippen molar-refractivity contribution in [2.45, 2.75) is 13.8 Å². The van der Waals surface area contributed by atoms with E-state index in [0.717, 1.165) is 17.0 Å². The lowest BCUT2D eigenvalue weighted by Gasteiger charge is -2.12. The fraction of sp³-hybridized carbons (Fsp3) is 0.217. The maximum Gasteiger partial charge on any atom is 0.266 e. The van der Waals surface area contributed by atoms with Crippen molar-refractivity contribution in [3.8, 4) is 11.5 Å². The van der Waals surface area contributed by atoms with E-state index in [1.807, 2.05) is 50.3 Å². The van der Waals surface area contributed by atoms with Gasteiger partial charge in [0.25, 0.3) is 5.91 Å². The maximum atomic E-state index is 12.8. The first-order valence-electron chi connectivity index (χ1n) is 9.62. The molecule has 3 rings (SSSR count). The van der Waals surface area contributed by atoms with Crippen molar-refractivity contribution in [2.75, 3.05) is 19.8 Å². The van der Waals surface area contributed by atoms with Crippen molar-refractivity contribution >= 4 is 46.2 Å². The van der Waals surface area contributed by atoms with E-state index in [4.69, 9.17) is 21.1 Å². The summed E-state index contributed by atoms with van der Waals surface area (Å²) in [5.74, 6) is 1.30. The van der Waals surface area contributed by atoms with Gasteiger partial charge in [-0.2, -0.15) is 0 Å². The first kappa shape index (κ1) is 22.0. The molecule has 5 nitrogen and oxygen atoms in total. The summed E-state index contributed by atoms with van der Waals surface area (Å²) in [4.78, 5) is 19.8. The van der Waals surface area contributed by atoms with Gasteiger partial charge in [-0.05, 0) is 73.6 Å². The number of amidine groups is 1. The zero-order valence-electron chi connectivity index (χ0n) is 16.9. The third-order valence-corrected chi connectivity index (χ3v) is 5.49. The zero-order valence-corrected chi connectivity index (χ0v) is 18.5. The summed E-state index contributed by atoms with van der Waals surface area (Å²) < 4.78 is 11.0. The molecule has 1 heterocycles. The second kappa shape index (κ2) is 10.4. The molecule has 0 aromatic heterocycles. The number of likely N-dealkylation sites (N-methyl/N-ethyl adjacent to an activating group) is 1. The molecule has 0 atom stereocenters. The molecule has 0 N–H and O–H groups in total. The van der Waals surface area contributed by atoms with E-state index in [2.05, 4.69) is 11.6 Å². The molecule has 0 bridgehead atoms. The van der Waals surface area contributed by atoms with Crippen LogP contribution >= 0.6 is 23.4 Å². The Bertz CT molecular complexity index is 986. The largest absolute Gasteiger partial charge is 0.494 e. The van der Waals surface area contributed by atoms with Gasteiger partial charge < -0.3 is 9.47 Å². The first-order valence-corrected chi connectivity index (χ1v) is 10.8. The maximum absolute atomic E-state index is 12.8. The average Bonchev–Trinajstić information content (AvgIpc) is 3.03. The predicted molar refractivity (Wildman–Crippen MR) is 125 cm³/mol. The lowest BCUT2D eigenvalue weighted by atomic mass is 10.2. The van der Waals surface area contributed by atoms with E-state index in [-0.39, 0.29) is 5.91 Å². The lowest BCUT2D eigenvalue weighted by molar-refractivity contribution is -0.122. The number of hydrogen-bond acceptors (Lipinski definition) is 5. The Balaban J connectivity index is 1.82. The minimum atomic E-state index is -0.0738. The highest BCUT2D eigenvalue weighted by atomic mass is 35.5. The van der Waals surface area contributed by atoms with Crippen molar-refractivity contribution in [1.29, 1.82) is 0 Å². The van der Waals surface area contributed by atoms with Crippen molar-refractivity contribution < 1.29 is 14.3 Å². The number of carbonyl (C=O) groups is 1. The molecule has 0 spiro atoms. The molecule has 1 aliphatic rings. The summed E-state index contributed by atoms with van der Waals surface area (Å²) in [6.07, 6.45) is 3.48. The molecule has 1 saturated heterocycles. The van der Waals surface area contributed by atoms with E-state index in [1.165, 1.54) is 11.8 Å². The molecule has 1 amide bonds. The highest BCUT2D eigenvalue weighted by Crippen LogP contribution is 2.35. The Kier molecular flexibility index (Phi) is 7.60. The Morgan fingerprint density at radius 1 is 1.17 bits per heavy atom. The summed E-state index contributed by atoms with van der Waals surface area (Å²) in [7, 11) is 0. The molecular formula is C23H23ClN2O3S. The molecule has 0 radical (unpaired) electrons. The van der Waals surface area contributed by atoms with Gasteiger partial charge >= 0.3 is 0 Å². The number of halogens is 1. The van der Waals surface area contributed by atoms with Crippen molar-refractivity contribution in [1.82, 2.24) is 4.90 Å². The molecular weight excluding hydrogens is 420 g/mol. The number of hydrogen-bond donors (Lipinski definition) is 0. The minimum absolute atomic E-state index is 0.0738. The number of rotatable bonds is 8. The SMILES string of the molecule is C=CCOc1ccc(/C=C2\SC(=Nc3ccc(OCC)cc3)N(CC)C2=O)cc1Cl. The van der Waals surface area contributed by atoms with Crippen molar-refractivity contribution in [3.63, 3.8) is 0 Å². The molecule has 2 aromatic carbocycles. The molecule has 2 aromatic rings. The fourth-order valence-electron chi connectivity index (χ4n) is 2.79. The van der Waals surface area contributed by atoms with Gasteiger partial charge in [-0.3, -0.25) is 9.69 Å². The Morgan fingerprint density at radius 3 is 2.57 bits per heavy atom. The van der Waals surface area contributed by atoms with Crippen LogP contribution in [0.4, 0.5) is 5.69 Å². The number of ether oxygens (including phenoxy) is 2. The normalized spacial score (nSPS) is 16.4. The Labute approximate surface area is 186 Å². The van der Waals surface area contributed by atoms with Crippen LogP contribution in [0.1, 0.15) is 19.4 Å². The van der Waals surface area contributed by atoms with E-state index in [0.29, 0.717) is 40.6 Å². The van der Waals surface area contributed by atoms with Crippen LogP contribution in [0.2, 0.25) is 5.02 Å². The van der Waals surface area contributed by atoms with Crippen LogP contribution in [0.3, 0.4) is 0 Å². The lowest BCUT2D eigenvalue weighted by Crippen LogP contribution is -2.28. The van der Waals surface area contributed by atoms with Crippen LogP contribution in [0.5, 0.6) is 11.5 Å². The second-order valence-electron chi connectivity index (χ2n) is 6.27. The monoisotopic (exact) mass is 442 g/mol. The topological polar surface area (TPSA) is 51.1 Å². The highest BCUT2D eigenvalue weighted by Gasteiger charge is 2.32. The summed E-state index contributed by atoms with van der Waals surface area (Å²) in [5, 5.41) is 1.13. The van der Waals surface area contributed by atoms with Crippen LogP contribution in [-0.2, 0) is 4.79 Å². The molecule has 1 aliphatic heterocycles. The average molecular weight is 443 g/mol. The van der Waals surface area contributed by atoms with Gasteiger partial charge in [0.15, 0.2) is 5.17 Å². The standard InChI is InChI=1S/C23H23ClN2O3S/c1-4-13-29-20-12-7-16(14-19(20)24)15-21-22(27)26(5-2)23(30-21)25-17-8-10-18(11-9-17)28-6-3/h4,7-12,14-15H,1,5-6,13H2,2-3H3/b21-15-,25-23?. The second-order valence-corrected chi connectivity index (χ2v) is 7.69. The quantitative estimate of drug-likeness (QED) is 0.375. The van der Waals surface area contributed by atoms with Crippen LogP contribution in [0.25, 0.3) is 6.08 Å². The molecule has 156 valence electrons. The van der Waals surface area contributed by atoms with E-state index in [1.54, 1.807) is 23.1 Å². The molecule has 30 heavy (non-hydrogen) atoms. The summed E-state index contributed by atoms with van der Waals surface area (Å²) in [6.45, 7) is 9.02. The molecule has 0 saturated carbocycles. The van der Waals surface area contributed by atoms with Gasteiger partial charge in [0.05, 0.1) is 22.2 Å². The zero-order chi connectivity index (χ0) is 21.5. The van der Waals surface area contributed by atoms with Crippen LogP contribution in [0.15, 0.2) is 65.0 Å². The van der Waals surface area contributed by atoms with Crippen LogP contribution in [-0.4, -0.2) is 35.7 Å². The first-order chi connectivity index (χ1) is 14.5. The summed E-state index contributed by atoms with van der Waals surface area (Å²) in [5.41, 5.74) is 1.58. The van der Waals surface area contributed by atoms with Crippen molar-refractivity contribution in [2.24, 2.45) is 4.99 Å². The Morgan fingerprint density at radius 2 is 1.93 bits per heavy atom. The van der Waals surface area contributed by atoms with Gasteiger partial charge in [0, 0.05) is 6.54 Å². The predicted octanol–water partition coefficient (Wildman–Crippen LogP) is 5.93. The molecule has 1 fully saturated rings. The van der Waals surface area contributed by atoms with Gasteiger partial charge in [0.1, 0.15) is 18.1 Å². The third kappa shape index (κ3) is 5.26. The van der Waals surface area contributed by atoms with Crippen LogP contribution in [0, 0.1) is 0 Å². The summed E-state index contributed by atoms with van der Waals surface area (Å²) >= 11 is 7.64. The number of nitrogens with zero attached hydrogens (tertiary/aromatic N) is 2. The van der Waals surface area contributed by atoms with Gasteiger partial charge in [0.2, 0.25) is 0 Å². The van der Waals surface area contributed by atoms with E-state index < -0.39 is 0 Å². The summed E-state index contributed by atoms with van der Waals surface area (Å²) in [6, 6.07) is 12.9. The minimum Gasteiger partial charge on any atom is -0.494 e. The number of carbonyl (C=O) groups excluding carboxylic acids is 1. The number of benzene rings is 2. The number of thioether (sulfide) groups is 1. The van der Waals surface area contributed by atoms with Gasteiger partial charge in [-0.25, -0.2) is 4.99 Å². The fourth-order valence-corrected chi connectivity index (χ4v) is 4.09. The molecule has 7 heteroatoms.